The van der Waals surface area contributed by atoms with Crippen molar-refractivity contribution >= 4 is 0 Å². The van der Waals surface area contributed by atoms with Gasteiger partial charge in [-0.2, -0.15) is 0 Å². The highest BCUT2D eigenvalue weighted by Gasteiger charge is 2.22. The molecule has 0 spiro atoms. The molecule has 0 amide bonds. The molecular weight excluding hydrogens is 186 g/mol. The van der Waals surface area contributed by atoms with Crippen LogP contribution in [0.4, 0.5) is 0 Å². The van der Waals surface area contributed by atoms with E-state index in [-0.39, 0.29) is 6.23 Å². The first-order valence-corrected chi connectivity index (χ1v) is 4.52. The van der Waals surface area contributed by atoms with Crippen molar-refractivity contribution in [2.45, 2.75) is 19.1 Å². The molecule has 0 bridgehead atoms. The zero-order chi connectivity index (χ0) is 10.6. The summed E-state index contributed by atoms with van der Waals surface area (Å²) in [6, 6.07) is 0. The maximum absolute atomic E-state index is 10.3. The lowest BCUT2D eigenvalue weighted by Crippen LogP contribution is -2.35. The van der Waals surface area contributed by atoms with Gasteiger partial charge >= 0.3 is 0 Å². The van der Waals surface area contributed by atoms with Crippen LogP contribution in [0, 0.1) is 10.1 Å². The van der Waals surface area contributed by atoms with Gasteiger partial charge in [-0.25, -0.2) is 0 Å². The summed E-state index contributed by atoms with van der Waals surface area (Å²) in [6.45, 7) is 0.727. The lowest BCUT2D eigenvalue weighted by Gasteiger charge is -2.25. The highest BCUT2D eigenvalue weighted by Crippen LogP contribution is 2.17. The van der Waals surface area contributed by atoms with E-state index in [0.717, 1.165) is 25.6 Å². The van der Waals surface area contributed by atoms with Crippen LogP contribution in [0.3, 0.4) is 0 Å². The van der Waals surface area contributed by atoms with Gasteiger partial charge in [0.15, 0.2) is 5.82 Å². The van der Waals surface area contributed by atoms with Gasteiger partial charge in [-0.15, -0.1) is 0 Å². The summed E-state index contributed by atoms with van der Waals surface area (Å²) in [4.78, 5) is 11.6. The molecule has 1 N–H and O–H groups in total. The van der Waals surface area contributed by atoms with Crippen molar-refractivity contribution in [3.8, 4) is 0 Å². The summed E-state index contributed by atoms with van der Waals surface area (Å²) < 4.78 is 5.40. The van der Waals surface area contributed by atoms with Crippen molar-refractivity contribution in [1.82, 2.24) is 10.2 Å². The Morgan fingerprint density at radius 3 is 2.93 bits per heavy atom. The van der Waals surface area contributed by atoms with E-state index in [1.165, 1.54) is 0 Å². The average Bonchev–Trinajstić information content (AvgIpc) is 2.65. The van der Waals surface area contributed by atoms with Crippen molar-refractivity contribution in [2.75, 3.05) is 20.7 Å². The Kier molecular flexibility index (Phi) is 3.70. The molecule has 0 aromatic carbocycles. The first kappa shape index (κ1) is 10.8. The van der Waals surface area contributed by atoms with Gasteiger partial charge in [0.25, 0.3) is 6.20 Å². The third-order valence-electron chi connectivity index (χ3n) is 2.20. The maximum Gasteiger partial charge on any atom is 0.274 e. The van der Waals surface area contributed by atoms with Crippen LogP contribution >= 0.6 is 0 Å². The minimum absolute atomic E-state index is 0.0475. The normalized spacial score (nSPS) is 22.1. The van der Waals surface area contributed by atoms with E-state index in [1.807, 2.05) is 0 Å². The molecule has 1 heterocycles. The van der Waals surface area contributed by atoms with Gasteiger partial charge in [-0.05, 0) is 12.8 Å². The summed E-state index contributed by atoms with van der Waals surface area (Å²) in [5.41, 5.74) is 0. The molecule has 0 aliphatic carbocycles. The lowest BCUT2D eigenvalue weighted by atomic mass is 10.3. The Hall–Kier alpha value is -1.30. The third-order valence-corrected chi connectivity index (χ3v) is 2.20. The summed E-state index contributed by atoms with van der Waals surface area (Å²) in [6.07, 6.45) is 2.81. The molecule has 1 saturated heterocycles. The zero-order valence-corrected chi connectivity index (χ0v) is 8.40. The molecule has 1 atom stereocenters. The molecule has 0 aromatic heterocycles. The standard InChI is InChI=1S/C8H15N3O3/c1-9-7(6-11(12)13)10(2)8-4-3-5-14-8/h6,8-9H,3-5H2,1-2H3. The maximum atomic E-state index is 10.3. The fourth-order valence-corrected chi connectivity index (χ4v) is 1.45. The molecule has 0 radical (unpaired) electrons. The summed E-state index contributed by atoms with van der Waals surface area (Å²) >= 11 is 0. The first-order valence-electron chi connectivity index (χ1n) is 4.52. The summed E-state index contributed by atoms with van der Waals surface area (Å²) in [7, 11) is 3.43. The number of ether oxygens (including phenoxy) is 1. The monoisotopic (exact) mass is 201 g/mol. The van der Waals surface area contributed by atoms with E-state index >= 15 is 0 Å². The molecule has 1 aliphatic heterocycles. The van der Waals surface area contributed by atoms with Gasteiger partial charge in [-0.3, -0.25) is 10.1 Å². The molecule has 0 aromatic rings. The second kappa shape index (κ2) is 4.80. The van der Waals surface area contributed by atoms with Gasteiger partial charge in [-0.1, -0.05) is 0 Å². The molecular formula is C8H15N3O3. The Balaban J connectivity index is 2.63. The van der Waals surface area contributed by atoms with Crippen molar-refractivity contribution in [3.05, 3.63) is 22.1 Å². The molecule has 0 saturated carbocycles. The van der Waals surface area contributed by atoms with Crippen LogP contribution in [0.1, 0.15) is 12.8 Å². The number of nitro groups is 1. The topological polar surface area (TPSA) is 67.6 Å². The van der Waals surface area contributed by atoms with E-state index in [2.05, 4.69) is 5.32 Å². The Bertz CT molecular complexity index is 236. The Morgan fingerprint density at radius 1 is 1.79 bits per heavy atom. The molecule has 14 heavy (non-hydrogen) atoms. The van der Waals surface area contributed by atoms with Gasteiger partial charge in [0.2, 0.25) is 0 Å². The smallest absolute Gasteiger partial charge is 0.274 e. The van der Waals surface area contributed by atoms with Crippen LogP contribution in [0.15, 0.2) is 12.0 Å². The van der Waals surface area contributed by atoms with E-state index in [4.69, 9.17) is 4.74 Å². The van der Waals surface area contributed by atoms with Crippen LogP contribution in [-0.2, 0) is 4.74 Å². The summed E-state index contributed by atoms with van der Waals surface area (Å²) in [5, 5.41) is 13.1. The minimum Gasteiger partial charge on any atom is -0.370 e. The van der Waals surface area contributed by atoms with E-state index in [9.17, 15) is 10.1 Å². The summed E-state index contributed by atoms with van der Waals surface area (Å²) in [5.74, 6) is 0.460. The van der Waals surface area contributed by atoms with Gasteiger partial charge < -0.3 is 15.0 Å². The first-order chi connectivity index (χ1) is 6.65. The second-order valence-electron chi connectivity index (χ2n) is 3.13. The average molecular weight is 201 g/mol. The van der Waals surface area contributed by atoms with Gasteiger partial charge in [0.05, 0.1) is 4.92 Å². The van der Waals surface area contributed by atoms with Crippen molar-refractivity contribution < 1.29 is 9.66 Å². The quantitative estimate of drug-likeness (QED) is 0.525. The van der Waals surface area contributed by atoms with Crippen LogP contribution in [0.5, 0.6) is 0 Å². The van der Waals surface area contributed by atoms with Crippen molar-refractivity contribution in [3.63, 3.8) is 0 Å². The zero-order valence-electron chi connectivity index (χ0n) is 8.40. The van der Waals surface area contributed by atoms with Crippen LogP contribution in [0.25, 0.3) is 0 Å². The van der Waals surface area contributed by atoms with E-state index in [0.29, 0.717) is 5.82 Å². The van der Waals surface area contributed by atoms with Gasteiger partial charge in [0, 0.05) is 20.7 Å². The third kappa shape index (κ3) is 2.59. The molecule has 6 heteroatoms. The number of hydrogen-bond donors (Lipinski definition) is 1. The molecule has 1 aliphatic rings. The minimum atomic E-state index is -0.475. The lowest BCUT2D eigenvalue weighted by molar-refractivity contribution is -0.405. The largest absolute Gasteiger partial charge is 0.370 e. The Labute approximate surface area is 82.7 Å². The molecule has 1 fully saturated rings. The molecule has 1 unspecified atom stereocenters. The van der Waals surface area contributed by atoms with Crippen molar-refractivity contribution in [1.29, 1.82) is 0 Å². The van der Waals surface area contributed by atoms with Gasteiger partial charge in [0.1, 0.15) is 6.23 Å². The van der Waals surface area contributed by atoms with Crippen LogP contribution < -0.4 is 5.32 Å². The number of nitrogens with one attached hydrogen (secondary N) is 1. The fourth-order valence-electron chi connectivity index (χ4n) is 1.45. The Morgan fingerprint density at radius 2 is 2.50 bits per heavy atom. The van der Waals surface area contributed by atoms with Crippen molar-refractivity contribution in [2.24, 2.45) is 0 Å². The second-order valence-corrected chi connectivity index (χ2v) is 3.13. The fraction of sp³-hybridized carbons (Fsp3) is 0.750. The van der Waals surface area contributed by atoms with Crippen LogP contribution in [-0.4, -0.2) is 36.8 Å². The van der Waals surface area contributed by atoms with Crippen LogP contribution in [0.2, 0.25) is 0 Å². The highest BCUT2D eigenvalue weighted by atomic mass is 16.6. The number of rotatable bonds is 4. The molecule has 80 valence electrons. The SMILES string of the molecule is CNC(=C[N+](=O)[O-])N(C)C1CCCO1. The van der Waals surface area contributed by atoms with E-state index in [1.54, 1.807) is 19.0 Å². The highest BCUT2D eigenvalue weighted by molar-refractivity contribution is 4.93. The predicted molar refractivity (Wildman–Crippen MR) is 50.9 cm³/mol. The molecule has 1 rings (SSSR count). The van der Waals surface area contributed by atoms with E-state index < -0.39 is 4.92 Å². The number of hydrogen-bond acceptors (Lipinski definition) is 5. The number of nitrogens with zero attached hydrogens (tertiary/aromatic N) is 2. The molecule has 6 nitrogen and oxygen atoms in total. The predicted octanol–water partition coefficient (Wildman–Crippen LogP) is 0.350.